The molecule has 1 aliphatic carbocycles. The highest BCUT2D eigenvalue weighted by molar-refractivity contribution is 5.39. The molecule has 0 amide bonds. The van der Waals surface area contributed by atoms with E-state index in [2.05, 4.69) is 6.07 Å². The lowest BCUT2D eigenvalue weighted by Gasteiger charge is -2.30. The number of aliphatic hydroxyl groups is 1. The van der Waals surface area contributed by atoms with E-state index in [9.17, 15) is 5.11 Å². The molecule has 111 valence electrons. The van der Waals surface area contributed by atoms with Crippen LogP contribution in [0.5, 0.6) is 5.75 Å². The van der Waals surface area contributed by atoms with Gasteiger partial charge < -0.3 is 15.6 Å². The van der Waals surface area contributed by atoms with Gasteiger partial charge >= 0.3 is 0 Å². The maximum Gasteiger partial charge on any atom is 0.125 e. The zero-order chi connectivity index (χ0) is 14.5. The summed E-state index contributed by atoms with van der Waals surface area (Å²) in [7, 11) is 0. The molecule has 1 aromatic rings. The van der Waals surface area contributed by atoms with Crippen molar-refractivity contribution >= 4 is 0 Å². The van der Waals surface area contributed by atoms with Gasteiger partial charge in [-0.1, -0.05) is 19.3 Å². The van der Waals surface area contributed by atoms with Gasteiger partial charge in [0.05, 0.1) is 0 Å². The molecule has 0 aliphatic heterocycles. The number of aryl methyl sites for hydroxylation is 2. The Balaban J connectivity index is 1.89. The fraction of sp³-hybridized carbons (Fsp3) is 0.647. The van der Waals surface area contributed by atoms with Crippen LogP contribution in [0.2, 0.25) is 0 Å². The Morgan fingerprint density at radius 2 is 1.85 bits per heavy atom. The van der Waals surface area contributed by atoms with Gasteiger partial charge in [0.2, 0.25) is 0 Å². The van der Waals surface area contributed by atoms with Gasteiger partial charge in [-0.25, -0.2) is 0 Å². The van der Waals surface area contributed by atoms with Crippen LogP contribution >= 0.6 is 0 Å². The third-order valence-electron chi connectivity index (χ3n) is 4.35. The summed E-state index contributed by atoms with van der Waals surface area (Å²) in [6.45, 7) is 4.25. The standard InChI is InChI=1S/C17H26NO2/c1-12-7-6-8-13(2)17(12)20-11-15(19)16(18)14-9-4-3-5-10-14/h7-8,14-16,19H,3-5,9-11,18H2,1-2H3. The van der Waals surface area contributed by atoms with Crippen LogP contribution in [0.4, 0.5) is 0 Å². The first kappa shape index (κ1) is 15.3. The van der Waals surface area contributed by atoms with E-state index in [1.807, 2.05) is 26.0 Å². The Morgan fingerprint density at radius 3 is 2.45 bits per heavy atom. The Morgan fingerprint density at radius 1 is 1.25 bits per heavy atom. The number of rotatable bonds is 5. The molecule has 2 rings (SSSR count). The van der Waals surface area contributed by atoms with Crippen LogP contribution in [0.15, 0.2) is 12.1 Å². The van der Waals surface area contributed by atoms with Crippen molar-refractivity contribution in [2.24, 2.45) is 11.7 Å². The normalized spacial score (nSPS) is 19.6. The number of hydrogen-bond acceptors (Lipinski definition) is 3. The maximum atomic E-state index is 10.3. The summed E-state index contributed by atoms with van der Waals surface area (Å²) in [5.74, 6) is 1.28. The Bertz CT molecular complexity index is 407. The molecule has 0 spiro atoms. The zero-order valence-electron chi connectivity index (χ0n) is 12.6. The molecular formula is C17H26NO2. The quantitative estimate of drug-likeness (QED) is 0.869. The second kappa shape index (κ2) is 7.09. The largest absolute Gasteiger partial charge is 0.490 e. The molecule has 3 nitrogen and oxygen atoms in total. The molecule has 0 aromatic heterocycles. The maximum absolute atomic E-state index is 10.3. The molecular weight excluding hydrogens is 250 g/mol. The molecule has 3 N–H and O–H groups in total. The molecule has 0 heterocycles. The fourth-order valence-electron chi connectivity index (χ4n) is 3.07. The molecule has 1 aromatic carbocycles. The highest BCUT2D eigenvalue weighted by atomic mass is 16.5. The number of benzene rings is 1. The Kier molecular flexibility index (Phi) is 5.44. The van der Waals surface area contributed by atoms with Gasteiger partial charge in [-0.3, -0.25) is 0 Å². The van der Waals surface area contributed by atoms with Gasteiger partial charge in [-0.05, 0) is 61.9 Å². The lowest BCUT2D eigenvalue weighted by molar-refractivity contribution is 0.0582. The summed E-state index contributed by atoms with van der Waals surface area (Å²) in [6, 6.07) is 6.69. The van der Waals surface area contributed by atoms with Crippen LogP contribution in [0.1, 0.15) is 43.2 Å². The molecule has 20 heavy (non-hydrogen) atoms. The first-order valence-electron chi connectivity index (χ1n) is 7.63. The number of nitrogens with two attached hydrogens (primary N) is 1. The van der Waals surface area contributed by atoms with Crippen LogP contribution < -0.4 is 10.5 Å². The molecule has 2 unspecified atom stereocenters. The third-order valence-corrected chi connectivity index (χ3v) is 4.35. The Hall–Kier alpha value is -1.06. The smallest absolute Gasteiger partial charge is 0.125 e. The van der Waals surface area contributed by atoms with Gasteiger partial charge in [0, 0.05) is 6.04 Å². The van der Waals surface area contributed by atoms with E-state index in [1.165, 1.54) is 19.3 Å². The summed E-state index contributed by atoms with van der Waals surface area (Å²) >= 11 is 0. The van der Waals surface area contributed by atoms with Gasteiger partial charge in [0.1, 0.15) is 18.5 Å². The predicted molar refractivity (Wildman–Crippen MR) is 80.8 cm³/mol. The first-order valence-corrected chi connectivity index (χ1v) is 7.63. The van der Waals surface area contributed by atoms with E-state index in [-0.39, 0.29) is 12.6 Å². The summed E-state index contributed by atoms with van der Waals surface area (Å²) < 4.78 is 5.79. The lowest BCUT2D eigenvalue weighted by Crippen LogP contribution is -2.45. The van der Waals surface area contributed by atoms with E-state index in [1.54, 1.807) is 0 Å². The molecule has 1 fully saturated rings. The number of hydrogen-bond donors (Lipinski definition) is 2. The summed E-state index contributed by atoms with van der Waals surface area (Å²) in [5.41, 5.74) is 8.29. The molecule has 0 bridgehead atoms. The van der Waals surface area contributed by atoms with Gasteiger partial charge in [0.15, 0.2) is 0 Å². The average molecular weight is 276 g/mol. The molecule has 1 saturated carbocycles. The highest BCUT2D eigenvalue weighted by Crippen LogP contribution is 2.27. The Labute approximate surface area is 122 Å². The van der Waals surface area contributed by atoms with E-state index >= 15 is 0 Å². The summed E-state index contributed by atoms with van der Waals surface area (Å²) in [6.07, 6.45) is 5.44. The van der Waals surface area contributed by atoms with Crippen molar-refractivity contribution in [1.29, 1.82) is 0 Å². The van der Waals surface area contributed by atoms with E-state index in [4.69, 9.17) is 10.5 Å². The van der Waals surface area contributed by atoms with Gasteiger partial charge in [-0.2, -0.15) is 0 Å². The first-order chi connectivity index (χ1) is 9.59. The van der Waals surface area contributed by atoms with Crippen molar-refractivity contribution in [3.05, 3.63) is 29.3 Å². The molecule has 3 heteroatoms. The van der Waals surface area contributed by atoms with Crippen LogP contribution in [0.3, 0.4) is 0 Å². The number of aliphatic hydroxyl groups excluding tert-OH is 1. The SMILES string of the molecule is Cc1c[c]cc(C)c1OCC(O)C(N)C1CCCCC1. The minimum Gasteiger partial charge on any atom is -0.490 e. The monoisotopic (exact) mass is 276 g/mol. The number of ether oxygens (including phenoxy) is 1. The van der Waals surface area contributed by atoms with Crippen molar-refractivity contribution in [3.8, 4) is 5.75 Å². The van der Waals surface area contributed by atoms with Crippen LogP contribution in [-0.4, -0.2) is 23.9 Å². The second-order valence-electron chi connectivity index (χ2n) is 6.00. The van der Waals surface area contributed by atoms with Crippen molar-refractivity contribution in [3.63, 3.8) is 0 Å². The van der Waals surface area contributed by atoms with Crippen LogP contribution in [0.25, 0.3) is 0 Å². The average Bonchev–Trinajstić information content (AvgIpc) is 2.46. The van der Waals surface area contributed by atoms with Crippen molar-refractivity contribution in [2.45, 2.75) is 58.1 Å². The topological polar surface area (TPSA) is 55.5 Å². The molecule has 0 saturated heterocycles. The van der Waals surface area contributed by atoms with Crippen molar-refractivity contribution < 1.29 is 9.84 Å². The minimum absolute atomic E-state index is 0.175. The van der Waals surface area contributed by atoms with E-state index < -0.39 is 6.10 Å². The van der Waals surface area contributed by atoms with E-state index in [0.717, 1.165) is 29.7 Å². The molecule has 1 aliphatic rings. The molecule has 2 atom stereocenters. The van der Waals surface area contributed by atoms with Gasteiger partial charge in [0.25, 0.3) is 0 Å². The van der Waals surface area contributed by atoms with Crippen molar-refractivity contribution in [1.82, 2.24) is 0 Å². The zero-order valence-corrected chi connectivity index (χ0v) is 12.6. The third kappa shape index (κ3) is 3.74. The summed E-state index contributed by atoms with van der Waals surface area (Å²) in [5, 5.41) is 10.3. The fourth-order valence-corrected chi connectivity index (χ4v) is 3.07. The van der Waals surface area contributed by atoms with Crippen LogP contribution in [0, 0.1) is 25.8 Å². The summed E-state index contributed by atoms with van der Waals surface area (Å²) in [4.78, 5) is 0. The molecule has 1 radical (unpaired) electrons. The second-order valence-corrected chi connectivity index (χ2v) is 6.00. The highest BCUT2D eigenvalue weighted by Gasteiger charge is 2.26. The van der Waals surface area contributed by atoms with Crippen LogP contribution in [-0.2, 0) is 0 Å². The minimum atomic E-state index is -0.596. The van der Waals surface area contributed by atoms with Gasteiger partial charge in [-0.15, -0.1) is 0 Å². The van der Waals surface area contributed by atoms with Crippen molar-refractivity contribution in [2.75, 3.05) is 6.61 Å². The van der Waals surface area contributed by atoms with E-state index in [0.29, 0.717) is 5.92 Å². The lowest BCUT2D eigenvalue weighted by atomic mass is 9.82. The predicted octanol–water partition coefficient (Wildman–Crippen LogP) is 2.75.